The Labute approximate surface area is 171 Å². The van der Waals surface area contributed by atoms with E-state index in [2.05, 4.69) is 39.2 Å². The lowest BCUT2D eigenvalue weighted by molar-refractivity contribution is -0.136. The first-order valence-electron chi connectivity index (χ1n) is 11.2. The molecule has 2 unspecified atom stereocenters. The number of amides is 2. The van der Waals surface area contributed by atoms with E-state index in [9.17, 15) is 9.59 Å². The van der Waals surface area contributed by atoms with Gasteiger partial charge in [0.25, 0.3) is 0 Å². The van der Waals surface area contributed by atoms with E-state index in [1.165, 1.54) is 5.56 Å². The molecule has 2 N–H and O–H groups in total. The smallest absolute Gasteiger partial charge is 0.228 e. The zero-order chi connectivity index (χ0) is 20.0. The first-order chi connectivity index (χ1) is 14.1. The van der Waals surface area contributed by atoms with Gasteiger partial charge in [0.2, 0.25) is 11.8 Å². The molecule has 29 heavy (non-hydrogen) atoms. The Morgan fingerprint density at radius 1 is 1.21 bits per heavy atom. The summed E-state index contributed by atoms with van der Waals surface area (Å²) in [5.74, 6) is 1.65. The van der Waals surface area contributed by atoms with Gasteiger partial charge >= 0.3 is 0 Å². The van der Waals surface area contributed by atoms with Crippen molar-refractivity contribution in [2.24, 2.45) is 5.92 Å². The SMILES string of the molecule is CCCCC(=O)N1C2CCC1CC(c1cc(NC(=O)C3CC3)nc3[nH]ccc13)C2. The number of aromatic amines is 1. The van der Waals surface area contributed by atoms with Gasteiger partial charge in [-0.1, -0.05) is 13.3 Å². The molecule has 2 aromatic heterocycles. The Kier molecular flexibility index (Phi) is 4.80. The first-order valence-corrected chi connectivity index (χ1v) is 11.2. The van der Waals surface area contributed by atoms with Crippen LogP contribution in [0, 0.1) is 5.92 Å². The van der Waals surface area contributed by atoms with E-state index in [4.69, 9.17) is 0 Å². The molecule has 2 aromatic rings. The second-order valence-electron chi connectivity index (χ2n) is 9.06. The minimum absolute atomic E-state index is 0.0887. The van der Waals surface area contributed by atoms with E-state index in [0.717, 1.165) is 62.4 Å². The molecular formula is C23H30N4O2. The number of fused-ring (bicyclic) bond motifs is 3. The lowest BCUT2D eigenvalue weighted by Gasteiger charge is -2.39. The van der Waals surface area contributed by atoms with E-state index in [0.29, 0.717) is 36.1 Å². The summed E-state index contributed by atoms with van der Waals surface area (Å²) < 4.78 is 0. The molecule has 6 nitrogen and oxygen atoms in total. The van der Waals surface area contributed by atoms with Crippen LogP contribution in [-0.2, 0) is 9.59 Å². The zero-order valence-electron chi connectivity index (χ0n) is 17.1. The van der Waals surface area contributed by atoms with E-state index in [1.807, 2.05) is 6.20 Å². The zero-order valence-corrected chi connectivity index (χ0v) is 17.1. The highest BCUT2D eigenvalue weighted by Gasteiger charge is 2.43. The summed E-state index contributed by atoms with van der Waals surface area (Å²) in [6, 6.07) is 4.88. The third-order valence-electron chi connectivity index (χ3n) is 6.97. The average Bonchev–Trinajstić information content (AvgIpc) is 3.41. The van der Waals surface area contributed by atoms with Gasteiger partial charge in [0.15, 0.2) is 0 Å². The van der Waals surface area contributed by atoms with Crippen LogP contribution < -0.4 is 5.32 Å². The summed E-state index contributed by atoms with van der Waals surface area (Å²) in [5.41, 5.74) is 2.10. The van der Waals surface area contributed by atoms with E-state index in [1.54, 1.807) is 0 Å². The predicted molar refractivity (Wildman–Crippen MR) is 113 cm³/mol. The van der Waals surface area contributed by atoms with E-state index in [-0.39, 0.29) is 11.8 Å². The molecule has 2 saturated heterocycles. The Morgan fingerprint density at radius 2 is 1.97 bits per heavy atom. The molecular weight excluding hydrogens is 364 g/mol. The average molecular weight is 395 g/mol. The number of aromatic nitrogens is 2. The Morgan fingerprint density at radius 3 is 2.66 bits per heavy atom. The van der Waals surface area contributed by atoms with Crippen molar-refractivity contribution in [1.29, 1.82) is 0 Å². The van der Waals surface area contributed by atoms with Gasteiger partial charge in [-0.25, -0.2) is 4.98 Å². The molecule has 3 aliphatic rings. The fourth-order valence-electron chi connectivity index (χ4n) is 5.33. The van der Waals surface area contributed by atoms with Gasteiger partial charge in [-0.15, -0.1) is 0 Å². The lowest BCUT2D eigenvalue weighted by atomic mass is 9.84. The molecule has 2 aliphatic heterocycles. The normalized spacial score (nSPS) is 26.1. The fraction of sp³-hybridized carbons (Fsp3) is 0.609. The number of H-pyrrole nitrogens is 1. The Bertz CT molecular complexity index is 918. The van der Waals surface area contributed by atoms with Crippen LogP contribution in [0.2, 0.25) is 0 Å². The number of piperidine rings is 1. The number of rotatable bonds is 6. The maximum absolute atomic E-state index is 12.7. The summed E-state index contributed by atoms with van der Waals surface area (Å²) in [7, 11) is 0. The van der Waals surface area contributed by atoms with Crippen molar-refractivity contribution in [3.05, 3.63) is 23.9 Å². The van der Waals surface area contributed by atoms with Gasteiger partial charge in [0.1, 0.15) is 11.5 Å². The first kappa shape index (κ1) is 18.6. The fourth-order valence-corrected chi connectivity index (χ4v) is 5.33. The molecule has 5 rings (SSSR count). The number of nitrogens with zero attached hydrogens (tertiary/aromatic N) is 2. The second kappa shape index (κ2) is 7.47. The molecule has 2 bridgehead atoms. The van der Waals surface area contributed by atoms with Crippen LogP contribution >= 0.6 is 0 Å². The minimum atomic E-state index is 0.0887. The molecule has 2 amide bonds. The van der Waals surface area contributed by atoms with Gasteiger partial charge in [0, 0.05) is 36.0 Å². The quantitative estimate of drug-likeness (QED) is 0.765. The van der Waals surface area contributed by atoms with Gasteiger partial charge in [-0.3, -0.25) is 9.59 Å². The highest BCUT2D eigenvalue weighted by molar-refractivity contribution is 5.94. The van der Waals surface area contributed by atoms with Gasteiger partial charge in [-0.05, 0) is 68.6 Å². The summed E-state index contributed by atoms with van der Waals surface area (Å²) in [5, 5.41) is 4.16. The molecule has 4 heterocycles. The number of anilines is 1. The topological polar surface area (TPSA) is 78.1 Å². The summed E-state index contributed by atoms with van der Waals surface area (Å²) in [6.45, 7) is 2.14. The number of pyridine rings is 1. The number of unbranched alkanes of at least 4 members (excludes halogenated alkanes) is 1. The van der Waals surface area contributed by atoms with Crippen LogP contribution in [0.25, 0.3) is 11.0 Å². The van der Waals surface area contributed by atoms with Crippen molar-refractivity contribution < 1.29 is 9.59 Å². The highest BCUT2D eigenvalue weighted by Crippen LogP contribution is 2.45. The second-order valence-corrected chi connectivity index (χ2v) is 9.06. The van der Waals surface area contributed by atoms with Crippen LogP contribution in [0.4, 0.5) is 5.82 Å². The molecule has 0 radical (unpaired) electrons. The third kappa shape index (κ3) is 3.53. The third-order valence-corrected chi connectivity index (χ3v) is 6.97. The molecule has 6 heteroatoms. The maximum atomic E-state index is 12.7. The summed E-state index contributed by atoms with van der Waals surface area (Å²) >= 11 is 0. The number of hydrogen-bond acceptors (Lipinski definition) is 3. The van der Waals surface area contributed by atoms with Gasteiger partial charge in [-0.2, -0.15) is 0 Å². The van der Waals surface area contributed by atoms with Crippen LogP contribution in [0.3, 0.4) is 0 Å². The Balaban J connectivity index is 1.39. The van der Waals surface area contributed by atoms with E-state index < -0.39 is 0 Å². The number of nitrogens with one attached hydrogen (secondary N) is 2. The van der Waals surface area contributed by atoms with Crippen molar-refractivity contribution in [1.82, 2.24) is 14.9 Å². The number of carbonyl (C=O) groups is 2. The van der Waals surface area contributed by atoms with Gasteiger partial charge < -0.3 is 15.2 Å². The van der Waals surface area contributed by atoms with Crippen molar-refractivity contribution in [2.75, 3.05) is 5.32 Å². The van der Waals surface area contributed by atoms with Crippen LogP contribution in [0.15, 0.2) is 18.3 Å². The maximum Gasteiger partial charge on any atom is 0.228 e. The molecule has 0 spiro atoms. The monoisotopic (exact) mass is 394 g/mol. The molecule has 0 aromatic carbocycles. The molecule has 1 aliphatic carbocycles. The van der Waals surface area contributed by atoms with Crippen LogP contribution in [0.5, 0.6) is 0 Å². The molecule has 3 fully saturated rings. The van der Waals surface area contributed by atoms with Crippen molar-refractivity contribution in [3.8, 4) is 0 Å². The molecule has 154 valence electrons. The standard InChI is InChI=1S/C23H30N4O2/c1-2-3-4-21(28)27-16-7-8-17(27)12-15(11-16)19-13-20(26-23(29)14-5-6-14)25-22-18(19)9-10-24-22/h9-10,13-17H,2-8,11-12H2,1H3,(H2,24,25,26,29). The molecule has 1 saturated carbocycles. The van der Waals surface area contributed by atoms with Crippen molar-refractivity contribution in [3.63, 3.8) is 0 Å². The minimum Gasteiger partial charge on any atom is -0.346 e. The molecule has 2 atom stereocenters. The summed E-state index contributed by atoms with van der Waals surface area (Å²) in [4.78, 5) is 35.0. The lowest BCUT2D eigenvalue weighted by Crippen LogP contribution is -2.46. The Hall–Kier alpha value is -2.37. The predicted octanol–water partition coefficient (Wildman–Crippen LogP) is 4.34. The number of carbonyl (C=O) groups excluding carboxylic acids is 2. The van der Waals surface area contributed by atoms with Crippen molar-refractivity contribution in [2.45, 2.75) is 82.7 Å². The van der Waals surface area contributed by atoms with Crippen LogP contribution in [-0.4, -0.2) is 38.8 Å². The highest BCUT2D eigenvalue weighted by atomic mass is 16.2. The largest absolute Gasteiger partial charge is 0.346 e. The number of hydrogen-bond donors (Lipinski definition) is 2. The van der Waals surface area contributed by atoms with Crippen molar-refractivity contribution >= 4 is 28.7 Å². The van der Waals surface area contributed by atoms with Gasteiger partial charge in [0.05, 0.1) is 0 Å². The van der Waals surface area contributed by atoms with E-state index >= 15 is 0 Å². The van der Waals surface area contributed by atoms with Crippen LogP contribution in [0.1, 0.15) is 76.2 Å². The summed E-state index contributed by atoms with van der Waals surface area (Å²) in [6.07, 6.45) is 10.9.